The Balaban J connectivity index is 2.06. The summed E-state index contributed by atoms with van der Waals surface area (Å²) in [5.74, 6) is -0.0724. The van der Waals surface area contributed by atoms with E-state index in [4.69, 9.17) is 4.74 Å². The molecule has 21 heavy (non-hydrogen) atoms. The summed E-state index contributed by atoms with van der Waals surface area (Å²) in [6, 6.07) is 5.57. The van der Waals surface area contributed by atoms with Crippen molar-refractivity contribution in [1.29, 1.82) is 0 Å². The van der Waals surface area contributed by atoms with Gasteiger partial charge in [0.05, 0.1) is 28.2 Å². The zero-order chi connectivity index (χ0) is 15.3. The van der Waals surface area contributed by atoms with Gasteiger partial charge >= 0.3 is 0 Å². The number of carbonyl (C=O) groups excluding carboxylic acids is 1. The van der Waals surface area contributed by atoms with E-state index in [1.807, 2.05) is 45.9 Å². The van der Waals surface area contributed by atoms with Crippen molar-refractivity contribution < 1.29 is 9.53 Å². The highest BCUT2D eigenvalue weighted by molar-refractivity contribution is 6.07. The highest BCUT2D eigenvalue weighted by Crippen LogP contribution is 2.43. The Morgan fingerprint density at radius 3 is 2.57 bits per heavy atom. The second kappa shape index (κ2) is 4.60. The van der Waals surface area contributed by atoms with Gasteiger partial charge in [-0.25, -0.2) is 0 Å². The van der Waals surface area contributed by atoms with Crippen LogP contribution in [0.5, 0.6) is 0 Å². The number of ketones is 1. The van der Waals surface area contributed by atoms with Gasteiger partial charge in [0.1, 0.15) is 0 Å². The quantitative estimate of drug-likeness (QED) is 0.793. The number of benzene rings is 1. The summed E-state index contributed by atoms with van der Waals surface area (Å²) in [6.07, 6.45) is 3.98. The molecule has 1 aromatic heterocycles. The van der Waals surface area contributed by atoms with Crippen molar-refractivity contribution in [2.75, 3.05) is 0 Å². The minimum absolute atomic E-state index is 0.0941. The van der Waals surface area contributed by atoms with E-state index in [-0.39, 0.29) is 17.3 Å². The first-order valence-electron chi connectivity index (χ1n) is 7.24. The van der Waals surface area contributed by atoms with E-state index >= 15 is 0 Å². The van der Waals surface area contributed by atoms with E-state index in [9.17, 15) is 4.79 Å². The van der Waals surface area contributed by atoms with Gasteiger partial charge < -0.3 is 4.74 Å². The maximum atomic E-state index is 13.0. The van der Waals surface area contributed by atoms with E-state index in [1.54, 1.807) is 12.4 Å². The van der Waals surface area contributed by atoms with Crippen LogP contribution < -0.4 is 0 Å². The molecule has 0 bridgehead atoms. The van der Waals surface area contributed by atoms with Crippen LogP contribution in [0, 0.1) is 5.92 Å². The molecule has 4 heteroatoms. The van der Waals surface area contributed by atoms with Crippen molar-refractivity contribution in [3.63, 3.8) is 0 Å². The summed E-state index contributed by atoms with van der Waals surface area (Å²) in [4.78, 5) is 21.6. The van der Waals surface area contributed by atoms with E-state index in [0.717, 1.165) is 11.9 Å². The molecule has 0 spiro atoms. The first kappa shape index (κ1) is 14.1. The van der Waals surface area contributed by atoms with E-state index in [0.29, 0.717) is 11.1 Å². The maximum absolute atomic E-state index is 13.0. The average molecular weight is 284 g/mol. The lowest BCUT2D eigenvalue weighted by molar-refractivity contribution is -0.0712. The number of carbonyl (C=O) groups is 1. The molecule has 0 amide bonds. The molecule has 2 aromatic rings. The zero-order valence-corrected chi connectivity index (χ0v) is 12.9. The van der Waals surface area contributed by atoms with Crippen LogP contribution in [0.2, 0.25) is 0 Å². The van der Waals surface area contributed by atoms with Gasteiger partial charge in [0.25, 0.3) is 0 Å². The maximum Gasteiger partial charge on any atom is 0.171 e. The second-order valence-corrected chi connectivity index (χ2v) is 6.82. The molecule has 1 aliphatic rings. The van der Waals surface area contributed by atoms with Crippen LogP contribution >= 0.6 is 0 Å². The molecule has 1 aliphatic heterocycles. The molecule has 1 fully saturated rings. The fraction of sp³-hybridized carbons (Fsp3) is 0.471. The topological polar surface area (TPSA) is 52.1 Å². The Morgan fingerprint density at radius 2 is 1.90 bits per heavy atom. The van der Waals surface area contributed by atoms with Crippen molar-refractivity contribution in [3.05, 3.63) is 36.2 Å². The monoisotopic (exact) mass is 284 g/mol. The third kappa shape index (κ3) is 2.44. The summed E-state index contributed by atoms with van der Waals surface area (Å²) in [5, 5.41) is 0. The summed E-state index contributed by atoms with van der Waals surface area (Å²) < 4.78 is 6.05. The number of hydrogen-bond donors (Lipinski definition) is 0. The second-order valence-electron chi connectivity index (χ2n) is 6.82. The lowest BCUT2D eigenvalue weighted by atomic mass is 9.81. The highest BCUT2D eigenvalue weighted by Gasteiger charge is 2.49. The van der Waals surface area contributed by atoms with Crippen LogP contribution in [0.3, 0.4) is 0 Å². The van der Waals surface area contributed by atoms with E-state index in [2.05, 4.69) is 9.97 Å². The molecule has 110 valence electrons. The number of rotatable bonds is 2. The molecule has 0 aliphatic carbocycles. The minimum atomic E-state index is -0.467. The van der Waals surface area contributed by atoms with Gasteiger partial charge in [-0.05, 0) is 46.2 Å². The summed E-state index contributed by atoms with van der Waals surface area (Å²) in [6.45, 7) is 8.04. The fourth-order valence-electron chi connectivity index (χ4n) is 3.35. The van der Waals surface area contributed by atoms with Gasteiger partial charge in [-0.15, -0.1) is 0 Å². The Morgan fingerprint density at radius 1 is 1.19 bits per heavy atom. The van der Waals surface area contributed by atoms with Gasteiger partial charge in [-0.3, -0.25) is 14.8 Å². The molecule has 1 saturated heterocycles. The molecule has 1 unspecified atom stereocenters. The normalized spacial score (nSPS) is 23.3. The Bertz CT molecular complexity index is 702. The number of hydrogen-bond acceptors (Lipinski definition) is 4. The average Bonchev–Trinajstić information content (AvgIpc) is 2.65. The molecule has 2 heterocycles. The Hall–Kier alpha value is -1.81. The van der Waals surface area contributed by atoms with Crippen molar-refractivity contribution in [1.82, 2.24) is 9.97 Å². The molecule has 0 N–H and O–H groups in total. The largest absolute Gasteiger partial charge is 0.369 e. The summed E-state index contributed by atoms with van der Waals surface area (Å²) in [5.41, 5.74) is 1.32. The van der Waals surface area contributed by atoms with Crippen LogP contribution in [0.1, 0.15) is 44.5 Å². The molecule has 3 rings (SSSR count). The minimum Gasteiger partial charge on any atom is -0.369 e. The van der Waals surface area contributed by atoms with Gasteiger partial charge in [0.2, 0.25) is 0 Å². The predicted molar refractivity (Wildman–Crippen MR) is 81.2 cm³/mol. The fourth-order valence-corrected chi connectivity index (χ4v) is 3.35. The van der Waals surface area contributed by atoms with Crippen LogP contribution in [-0.2, 0) is 4.74 Å². The molecule has 4 nitrogen and oxygen atoms in total. The van der Waals surface area contributed by atoms with Crippen molar-refractivity contribution in [3.8, 4) is 0 Å². The predicted octanol–water partition coefficient (Wildman–Crippen LogP) is 3.41. The number of para-hydroxylation sites is 1. The Kier molecular flexibility index (Phi) is 3.10. The molecular weight excluding hydrogens is 264 g/mol. The SMILES string of the molecule is CC1(C)CC(C(=O)c2cccc3nccnc23)C(C)(C)O1. The van der Waals surface area contributed by atoms with Gasteiger partial charge in [-0.1, -0.05) is 6.07 Å². The molecule has 0 radical (unpaired) electrons. The standard InChI is InChI=1S/C17H20N2O2/c1-16(2)10-12(17(3,4)21-16)15(20)11-6-5-7-13-14(11)19-9-8-18-13/h5-9,12H,10H2,1-4H3. The van der Waals surface area contributed by atoms with E-state index in [1.165, 1.54) is 0 Å². The van der Waals surface area contributed by atoms with E-state index < -0.39 is 5.60 Å². The van der Waals surface area contributed by atoms with Gasteiger partial charge in [0, 0.05) is 18.0 Å². The molecule has 0 saturated carbocycles. The number of fused-ring (bicyclic) bond motifs is 1. The summed E-state index contributed by atoms with van der Waals surface area (Å²) >= 11 is 0. The first-order chi connectivity index (χ1) is 9.80. The highest BCUT2D eigenvalue weighted by atomic mass is 16.5. The lowest BCUT2D eigenvalue weighted by Crippen LogP contribution is -2.34. The van der Waals surface area contributed by atoms with Gasteiger partial charge in [-0.2, -0.15) is 0 Å². The smallest absolute Gasteiger partial charge is 0.171 e. The Labute approximate surface area is 124 Å². The van der Waals surface area contributed by atoms with Crippen LogP contribution in [0.15, 0.2) is 30.6 Å². The van der Waals surface area contributed by atoms with Gasteiger partial charge in [0.15, 0.2) is 5.78 Å². The van der Waals surface area contributed by atoms with Crippen LogP contribution in [-0.4, -0.2) is 27.0 Å². The number of Topliss-reactive ketones (excluding diaryl/α,β-unsaturated/α-hetero) is 1. The molecular formula is C17H20N2O2. The van der Waals surface area contributed by atoms with Crippen LogP contribution in [0.25, 0.3) is 11.0 Å². The van der Waals surface area contributed by atoms with Crippen LogP contribution in [0.4, 0.5) is 0 Å². The lowest BCUT2D eigenvalue weighted by Gasteiger charge is -2.26. The molecule has 1 aromatic carbocycles. The number of ether oxygens (including phenoxy) is 1. The first-order valence-corrected chi connectivity index (χ1v) is 7.24. The molecule has 1 atom stereocenters. The van der Waals surface area contributed by atoms with Crippen molar-refractivity contribution in [2.24, 2.45) is 5.92 Å². The number of nitrogens with zero attached hydrogens (tertiary/aromatic N) is 2. The third-order valence-electron chi connectivity index (χ3n) is 4.15. The van der Waals surface area contributed by atoms with Crippen molar-refractivity contribution in [2.45, 2.75) is 45.3 Å². The zero-order valence-electron chi connectivity index (χ0n) is 12.9. The summed E-state index contributed by atoms with van der Waals surface area (Å²) in [7, 11) is 0. The van der Waals surface area contributed by atoms with Crippen molar-refractivity contribution >= 4 is 16.8 Å². The number of aromatic nitrogens is 2. The third-order valence-corrected chi connectivity index (χ3v) is 4.15.